The van der Waals surface area contributed by atoms with Crippen molar-refractivity contribution in [2.75, 3.05) is 13.2 Å². The topological polar surface area (TPSA) is 44.8 Å². The van der Waals surface area contributed by atoms with Crippen LogP contribution >= 0.6 is 0 Å². The van der Waals surface area contributed by atoms with Crippen LogP contribution in [0.25, 0.3) is 0 Å². The summed E-state index contributed by atoms with van der Waals surface area (Å²) < 4.78 is 17.9. The highest BCUT2D eigenvalue weighted by atomic mass is 16.5. The van der Waals surface area contributed by atoms with E-state index in [-0.39, 0.29) is 18.3 Å². The number of hydrogen-bond donors (Lipinski definition) is 0. The Morgan fingerprint density at radius 1 is 0.426 bits per heavy atom. The van der Waals surface area contributed by atoms with Gasteiger partial charge in [0.05, 0.1) is 12.2 Å². The predicted molar refractivity (Wildman–Crippen MR) is 203 cm³/mol. The maximum atomic E-state index is 11.0. The first-order chi connectivity index (χ1) is 23.3. The third-order valence-corrected chi connectivity index (χ3v) is 9.22. The van der Waals surface area contributed by atoms with Crippen LogP contribution in [0.4, 0.5) is 0 Å². The van der Waals surface area contributed by atoms with Gasteiger partial charge in [0.25, 0.3) is 6.47 Å². The molecule has 1 saturated carbocycles. The molecule has 0 aromatic rings. The molecule has 0 radical (unpaired) electrons. The highest BCUT2D eigenvalue weighted by Gasteiger charge is 2.31. The van der Waals surface area contributed by atoms with Crippen LogP contribution in [0.5, 0.6) is 0 Å². The number of rotatable bonds is 34. The van der Waals surface area contributed by atoms with Gasteiger partial charge in [0.1, 0.15) is 6.10 Å². The average molecular weight is 657 g/mol. The van der Waals surface area contributed by atoms with E-state index in [0.29, 0.717) is 6.47 Å². The molecule has 0 saturated heterocycles. The summed E-state index contributed by atoms with van der Waals surface area (Å²) in [7, 11) is 0. The number of carbonyl (C=O) groups is 1. The summed E-state index contributed by atoms with van der Waals surface area (Å²) in [6, 6.07) is 0. The first-order valence-electron chi connectivity index (χ1n) is 20.2. The largest absolute Gasteiger partial charge is 0.464 e. The van der Waals surface area contributed by atoms with Crippen molar-refractivity contribution in [3.63, 3.8) is 0 Å². The van der Waals surface area contributed by atoms with Crippen LogP contribution in [0, 0.1) is 0 Å². The van der Waals surface area contributed by atoms with Gasteiger partial charge in [0, 0.05) is 32.5 Å². The fourth-order valence-corrected chi connectivity index (χ4v) is 6.31. The lowest BCUT2D eigenvalue weighted by Crippen LogP contribution is -2.37. The van der Waals surface area contributed by atoms with Crippen molar-refractivity contribution in [2.45, 2.75) is 206 Å². The van der Waals surface area contributed by atoms with Crippen molar-refractivity contribution in [2.24, 2.45) is 0 Å². The molecule has 0 heterocycles. The summed E-state index contributed by atoms with van der Waals surface area (Å²) in [5.74, 6) is 0. The monoisotopic (exact) mass is 657 g/mol. The number of carbonyl (C=O) groups excluding carboxylic acids is 1. The zero-order valence-electron chi connectivity index (χ0n) is 31.1. The minimum absolute atomic E-state index is 0.0806. The molecular formula is C43H76O4. The van der Waals surface area contributed by atoms with E-state index in [1.165, 1.54) is 128 Å². The third-order valence-electron chi connectivity index (χ3n) is 9.22. The lowest BCUT2D eigenvalue weighted by Gasteiger charge is -2.33. The molecule has 47 heavy (non-hydrogen) atoms. The van der Waals surface area contributed by atoms with Gasteiger partial charge in [0.15, 0.2) is 0 Å². The summed E-state index contributed by atoms with van der Waals surface area (Å²) in [4.78, 5) is 11.0. The quantitative estimate of drug-likeness (QED) is 0.0393. The van der Waals surface area contributed by atoms with Gasteiger partial charge < -0.3 is 14.2 Å². The number of ether oxygens (including phenoxy) is 3. The van der Waals surface area contributed by atoms with E-state index >= 15 is 0 Å². The maximum Gasteiger partial charge on any atom is 0.293 e. The molecule has 0 amide bonds. The van der Waals surface area contributed by atoms with Crippen molar-refractivity contribution in [1.29, 1.82) is 0 Å². The summed E-state index contributed by atoms with van der Waals surface area (Å²) >= 11 is 0. The molecule has 0 aromatic heterocycles. The minimum atomic E-state index is -0.0806. The van der Waals surface area contributed by atoms with E-state index in [4.69, 9.17) is 14.2 Å². The molecule has 1 aliphatic carbocycles. The zero-order valence-corrected chi connectivity index (χ0v) is 31.1. The van der Waals surface area contributed by atoms with E-state index in [2.05, 4.69) is 62.5 Å². The van der Waals surface area contributed by atoms with Crippen molar-refractivity contribution < 1.29 is 19.0 Å². The fraction of sp³-hybridized carbons (Fsp3) is 0.791. The van der Waals surface area contributed by atoms with Gasteiger partial charge >= 0.3 is 0 Å². The highest BCUT2D eigenvalue weighted by molar-refractivity contribution is 5.37. The van der Waals surface area contributed by atoms with Crippen LogP contribution in [-0.4, -0.2) is 38.0 Å². The lowest BCUT2D eigenvalue weighted by atomic mass is 9.92. The summed E-state index contributed by atoms with van der Waals surface area (Å²) in [6.45, 7) is 6.70. The van der Waals surface area contributed by atoms with E-state index in [1.807, 2.05) is 0 Å². The van der Waals surface area contributed by atoms with E-state index in [9.17, 15) is 4.79 Å². The van der Waals surface area contributed by atoms with Crippen LogP contribution in [0.1, 0.15) is 187 Å². The average Bonchev–Trinajstić information content (AvgIpc) is 3.07. The van der Waals surface area contributed by atoms with E-state index in [0.717, 1.165) is 58.2 Å². The van der Waals surface area contributed by atoms with Gasteiger partial charge in [0.2, 0.25) is 0 Å². The fourth-order valence-electron chi connectivity index (χ4n) is 6.31. The molecule has 4 nitrogen and oxygen atoms in total. The third kappa shape index (κ3) is 30.2. The van der Waals surface area contributed by atoms with Crippen LogP contribution < -0.4 is 0 Å². The molecule has 1 rings (SSSR count). The molecule has 0 aliphatic heterocycles. The molecule has 0 spiro atoms. The Morgan fingerprint density at radius 2 is 0.766 bits per heavy atom. The number of allylic oxidation sites excluding steroid dienone is 8. The molecule has 0 aromatic carbocycles. The highest BCUT2D eigenvalue weighted by Crippen LogP contribution is 2.26. The zero-order chi connectivity index (χ0) is 33.7. The van der Waals surface area contributed by atoms with Crippen LogP contribution in [-0.2, 0) is 19.0 Å². The molecule has 1 aliphatic rings. The molecular weight excluding hydrogens is 580 g/mol. The molecule has 2 atom stereocenters. The van der Waals surface area contributed by atoms with Crippen molar-refractivity contribution in [1.82, 2.24) is 0 Å². The smallest absolute Gasteiger partial charge is 0.293 e. The first-order valence-corrected chi connectivity index (χ1v) is 20.2. The Balaban J connectivity index is 2.00. The van der Waals surface area contributed by atoms with Crippen LogP contribution in [0.3, 0.4) is 0 Å². The second-order valence-electron chi connectivity index (χ2n) is 13.7. The molecule has 0 N–H and O–H groups in total. The Labute approximate surface area is 292 Å². The van der Waals surface area contributed by atoms with Gasteiger partial charge in [-0.05, 0) is 77.0 Å². The second-order valence-corrected chi connectivity index (χ2v) is 13.7. The van der Waals surface area contributed by atoms with Gasteiger partial charge in [-0.1, -0.05) is 140 Å². The Morgan fingerprint density at radius 3 is 1.15 bits per heavy atom. The summed E-state index contributed by atoms with van der Waals surface area (Å²) in [5.41, 5.74) is 0. The van der Waals surface area contributed by atoms with Crippen molar-refractivity contribution >= 4 is 6.47 Å². The van der Waals surface area contributed by atoms with Gasteiger partial charge in [-0.2, -0.15) is 0 Å². The summed E-state index contributed by atoms with van der Waals surface area (Å²) in [6.07, 6.45) is 51.4. The van der Waals surface area contributed by atoms with Gasteiger partial charge in [-0.15, -0.1) is 0 Å². The molecule has 272 valence electrons. The maximum absolute atomic E-state index is 11.0. The second kappa shape index (κ2) is 35.7. The standard InChI is InChI=1S/C43H76O4/c1-3-5-7-9-11-13-15-17-19-21-23-25-27-29-31-33-35-45-41-37-42(39-43(38-41)47-40-44)46-36-34-32-30-28-26-24-22-20-18-16-14-12-10-8-6-4-2/h11-14,17-20,40-43H,3-10,15-16,21-39H2,1-2H3/b13-11-,14-12-,19-17-,20-18-. The summed E-state index contributed by atoms with van der Waals surface area (Å²) in [5, 5.41) is 0. The molecule has 2 unspecified atom stereocenters. The molecule has 0 bridgehead atoms. The first kappa shape index (κ1) is 43.4. The predicted octanol–water partition coefficient (Wildman–Crippen LogP) is 13.1. The minimum Gasteiger partial charge on any atom is -0.464 e. The van der Waals surface area contributed by atoms with Crippen LogP contribution in [0.15, 0.2) is 48.6 Å². The van der Waals surface area contributed by atoms with E-state index in [1.54, 1.807) is 0 Å². The van der Waals surface area contributed by atoms with Gasteiger partial charge in [-0.3, -0.25) is 4.79 Å². The molecule has 1 fully saturated rings. The Hall–Kier alpha value is -1.65. The number of unbranched alkanes of at least 4 members (excludes halogenated alkanes) is 18. The van der Waals surface area contributed by atoms with Crippen molar-refractivity contribution in [3.05, 3.63) is 48.6 Å². The Kier molecular flexibility index (Phi) is 32.9. The molecule has 4 heteroatoms. The number of hydrogen-bond acceptors (Lipinski definition) is 4. The van der Waals surface area contributed by atoms with E-state index < -0.39 is 0 Å². The lowest BCUT2D eigenvalue weighted by molar-refractivity contribution is -0.143. The normalized spacial score (nSPS) is 18.8. The van der Waals surface area contributed by atoms with Crippen LogP contribution in [0.2, 0.25) is 0 Å². The SMILES string of the molecule is CCCCC/C=C\C/C=C\CCCCCCCCOC1CC(OC=O)CC(OCCCCCCCC/C=C\C/C=C\CCCCC)C1. The Bertz CT molecular complexity index is 712. The van der Waals surface area contributed by atoms with Gasteiger partial charge in [-0.25, -0.2) is 0 Å². The van der Waals surface area contributed by atoms with Crippen molar-refractivity contribution in [3.8, 4) is 0 Å².